The zero-order valence-electron chi connectivity index (χ0n) is 25.4. The molecule has 0 aliphatic heterocycles. The normalized spacial score (nSPS) is 11.8. The van der Waals surface area contributed by atoms with Gasteiger partial charge in [0.25, 0.3) is 10.0 Å². The standard InChI is InChI=1S/C35H38ClN3O5S/c1-3-22-37-35(41)32(24-27-14-7-5-8-15-27)38(25-28-16-13-17-29(36)23-28)34(40)26-39(31-20-11-12-21-33(31)44-4-2)45(42,43)30-18-9-6-10-19-30/h5-21,23,32H,3-4,22,24-26H2,1-2H3,(H,37,41). The Kier molecular flexibility index (Phi) is 12.0. The van der Waals surface area contributed by atoms with Gasteiger partial charge in [-0.3, -0.25) is 13.9 Å². The van der Waals surface area contributed by atoms with E-state index in [-0.39, 0.29) is 29.5 Å². The fourth-order valence-electron chi connectivity index (χ4n) is 4.93. The number of hydrogen-bond acceptors (Lipinski definition) is 5. The molecule has 1 unspecified atom stereocenters. The second-order valence-corrected chi connectivity index (χ2v) is 12.7. The van der Waals surface area contributed by atoms with E-state index in [1.54, 1.807) is 67.6 Å². The summed E-state index contributed by atoms with van der Waals surface area (Å²) in [4.78, 5) is 29.7. The Hall–Kier alpha value is -4.34. The first kappa shape index (κ1) is 33.6. The molecule has 10 heteroatoms. The second-order valence-electron chi connectivity index (χ2n) is 10.4. The number of halogens is 1. The molecule has 0 saturated carbocycles. The summed E-state index contributed by atoms with van der Waals surface area (Å²) < 4.78 is 35.2. The van der Waals surface area contributed by atoms with Crippen LogP contribution in [-0.4, -0.2) is 50.9 Å². The van der Waals surface area contributed by atoms with Crippen LogP contribution in [0.5, 0.6) is 5.75 Å². The van der Waals surface area contributed by atoms with Crippen molar-refractivity contribution in [3.63, 3.8) is 0 Å². The van der Waals surface area contributed by atoms with Gasteiger partial charge in [-0.05, 0) is 60.9 Å². The van der Waals surface area contributed by atoms with Crippen molar-refractivity contribution in [1.82, 2.24) is 10.2 Å². The molecule has 236 valence electrons. The molecule has 0 radical (unpaired) electrons. The second kappa shape index (κ2) is 16.1. The van der Waals surface area contributed by atoms with Crippen LogP contribution in [0.4, 0.5) is 5.69 Å². The topological polar surface area (TPSA) is 96.0 Å². The van der Waals surface area contributed by atoms with E-state index in [4.69, 9.17) is 16.3 Å². The van der Waals surface area contributed by atoms with Crippen LogP contribution in [0.15, 0.2) is 114 Å². The average Bonchev–Trinajstić information content (AvgIpc) is 3.05. The summed E-state index contributed by atoms with van der Waals surface area (Å²) in [5.74, 6) is -0.577. The number of sulfonamides is 1. The van der Waals surface area contributed by atoms with Crippen LogP contribution < -0.4 is 14.4 Å². The lowest BCUT2D eigenvalue weighted by molar-refractivity contribution is -0.140. The number of benzene rings is 4. The molecule has 1 atom stereocenters. The van der Waals surface area contributed by atoms with Crippen molar-refractivity contribution >= 4 is 39.1 Å². The van der Waals surface area contributed by atoms with E-state index in [2.05, 4.69) is 5.32 Å². The van der Waals surface area contributed by atoms with Gasteiger partial charge in [0.05, 0.1) is 17.2 Å². The lowest BCUT2D eigenvalue weighted by Gasteiger charge is -2.34. The molecule has 0 bridgehead atoms. The minimum atomic E-state index is -4.24. The molecule has 45 heavy (non-hydrogen) atoms. The zero-order valence-corrected chi connectivity index (χ0v) is 27.0. The molecule has 1 N–H and O–H groups in total. The van der Waals surface area contributed by atoms with Crippen molar-refractivity contribution < 1.29 is 22.7 Å². The van der Waals surface area contributed by atoms with Gasteiger partial charge in [0.2, 0.25) is 11.8 Å². The number of rotatable bonds is 15. The number of anilines is 1. The molecule has 0 aliphatic carbocycles. The molecular formula is C35H38ClN3O5S. The lowest BCUT2D eigenvalue weighted by Crippen LogP contribution is -2.53. The molecule has 0 aromatic heterocycles. The average molecular weight is 648 g/mol. The Bertz CT molecular complexity index is 1670. The van der Waals surface area contributed by atoms with Crippen molar-refractivity contribution in [3.05, 3.63) is 125 Å². The van der Waals surface area contributed by atoms with Gasteiger partial charge in [-0.15, -0.1) is 0 Å². The van der Waals surface area contributed by atoms with Gasteiger partial charge in [-0.1, -0.05) is 91.3 Å². The molecule has 0 saturated heterocycles. The van der Waals surface area contributed by atoms with Crippen molar-refractivity contribution in [2.75, 3.05) is 24.0 Å². The molecule has 8 nitrogen and oxygen atoms in total. The van der Waals surface area contributed by atoms with Gasteiger partial charge in [-0.2, -0.15) is 0 Å². The SMILES string of the molecule is CCCNC(=O)C(Cc1ccccc1)N(Cc1cccc(Cl)c1)C(=O)CN(c1ccccc1OCC)S(=O)(=O)c1ccccc1. The van der Waals surface area contributed by atoms with E-state index >= 15 is 0 Å². The zero-order chi connectivity index (χ0) is 32.2. The highest BCUT2D eigenvalue weighted by Gasteiger charge is 2.35. The van der Waals surface area contributed by atoms with Crippen LogP contribution in [0.25, 0.3) is 0 Å². The van der Waals surface area contributed by atoms with Gasteiger partial charge in [0, 0.05) is 24.5 Å². The highest BCUT2D eigenvalue weighted by molar-refractivity contribution is 7.92. The van der Waals surface area contributed by atoms with E-state index in [1.165, 1.54) is 17.0 Å². The van der Waals surface area contributed by atoms with Gasteiger partial charge in [0.1, 0.15) is 18.3 Å². The fraction of sp³-hybridized carbons (Fsp3) is 0.257. The third-order valence-electron chi connectivity index (χ3n) is 7.11. The predicted molar refractivity (Wildman–Crippen MR) is 178 cm³/mol. The van der Waals surface area contributed by atoms with E-state index in [0.717, 1.165) is 9.87 Å². The number of hydrogen-bond donors (Lipinski definition) is 1. The quantitative estimate of drug-likeness (QED) is 0.168. The monoisotopic (exact) mass is 647 g/mol. The van der Waals surface area contributed by atoms with Crippen LogP contribution in [0.3, 0.4) is 0 Å². The van der Waals surface area contributed by atoms with Gasteiger partial charge in [-0.25, -0.2) is 8.42 Å². The number of amides is 2. The first-order valence-corrected chi connectivity index (χ1v) is 16.7. The summed E-state index contributed by atoms with van der Waals surface area (Å²) in [7, 11) is -4.24. The van der Waals surface area contributed by atoms with E-state index < -0.39 is 28.5 Å². The summed E-state index contributed by atoms with van der Waals surface area (Å²) >= 11 is 6.30. The summed E-state index contributed by atoms with van der Waals surface area (Å²) in [6.45, 7) is 3.93. The number of ether oxygens (including phenoxy) is 1. The molecule has 0 aliphatic rings. The van der Waals surface area contributed by atoms with Crippen LogP contribution >= 0.6 is 11.6 Å². The Balaban J connectivity index is 1.82. The maximum Gasteiger partial charge on any atom is 0.264 e. The third kappa shape index (κ3) is 8.86. The Morgan fingerprint density at radius 3 is 2.16 bits per heavy atom. The molecule has 0 heterocycles. The van der Waals surface area contributed by atoms with Crippen molar-refractivity contribution in [3.8, 4) is 5.75 Å². The fourth-order valence-corrected chi connectivity index (χ4v) is 6.58. The molecular weight excluding hydrogens is 610 g/mol. The van der Waals surface area contributed by atoms with Crippen LogP contribution in [0, 0.1) is 0 Å². The van der Waals surface area contributed by atoms with Gasteiger partial charge in [0.15, 0.2) is 0 Å². The van der Waals surface area contributed by atoms with Crippen LogP contribution in [-0.2, 0) is 32.6 Å². The van der Waals surface area contributed by atoms with Crippen LogP contribution in [0.1, 0.15) is 31.4 Å². The first-order valence-electron chi connectivity index (χ1n) is 14.9. The van der Waals surface area contributed by atoms with E-state index in [0.29, 0.717) is 35.9 Å². The summed E-state index contributed by atoms with van der Waals surface area (Å²) in [5.41, 5.74) is 1.77. The van der Waals surface area contributed by atoms with Crippen molar-refractivity contribution in [2.24, 2.45) is 0 Å². The highest BCUT2D eigenvalue weighted by Crippen LogP contribution is 2.33. The summed E-state index contributed by atoms with van der Waals surface area (Å²) in [6.07, 6.45) is 0.938. The number of carbonyl (C=O) groups excluding carboxylic acids is 2. The first-order chi connectivity index (χ1) is 21.7. The molecule has 4 aromatic rings. The predicted octanol–water partition coefficient (Wildman–Crippen LogP) is 6.10. The van der Waals surface area contributed by atoms with Crippen LogP contribution in [0.2, 0.25) is 5.02 Å². The molecule has 2 amide bonds. The third-order valence-corrected chi connectivity index (χ3v) is 9.12. The van der Waals surface area contributed by atoms with Crippen molar-refractivity contribution in [2.45, 2.75) is 44.2 Å². The summed E-state index contributed by atoms with van der Waals surface area (Å²) in [5, 5.41) is 3.42. The minimum absolute atomic E-state index is 0.0204. The highest BCUT2D eigenvalue weighted by atomic mass is 35.5. The lowest BCUT2D eigenvalue weighted by atomic mass is 10.0. The number of carbonyl (C=O) groups is 2. The summed E-state index contributed by atoms with van der Waals surface area (Å²) in [6, 6.07) is 30.2. The molecule has 0 spiro atoms. The van der Waals surface area contributed by atoms with E-state index in [9.17, 15) is 18.0 Å². The molecule has 0 fully saturated rings. The number of nitrogens with one attached hydrogen (secondary N) is 1. The number of nitrogens with zero attached hydrogens (tertiary/aromatic N) is 2. The maximum absolute atomic E-state index is 14.5. The largest absolute Gasteiger partial charge is 0.492 e. The van der Waals surface area contributed by atoms with Gasteiger partial charge < -0.3 is 15.0 Å². The van der Waals surface area contributed by atoms with E-state index in [1.807, 2.05) is 43.3 Å². The van der Waals surface area contributed by atoms with Gasteiger partial charge >= 0.3 is 0 Å². The molecule has 4 rings (SSSR count). The minimum Gasteiger partial charge on any atom is -0.492 e. The smallest absolute Gasteiger partial charge is 0.264 e. The Labute approximate surface area is 270 Å². The Morgan fingerprint density at radius 2 is 1.49 bits per heavy atom. The Morgan fingerprint density at radius 1 is 0.844 bits per heavy atom. The number of para-hydroxylation sites is 2. The maximum atomic E-state index is 14.5. The molecule has 4 aromatic carbocycles. The van der Waals surface area contributed by atoms with Crippen molar-refractivity contribution in [1.29, 1.82) is 0 Å².